The third-order valence-electron chi connectivity index (χ3n) is 2.56. The van der Waals surface area contributed by atoms with E-state index in [1.54, 1.807) is 0 Å². The normalized spacial score (nSPS) is 27.5. The molecule has 1 aliphatic rings. The highest BCUT2D eigenvalue weighted by molar-refractivity contribution is 9.09. The molecule has 0 aliphatic carbocycles. The zero-order chi connectivity index (χ0) is 9.73. The molecule has 0 bridgehead atoms. The molecule has 1 heterocycles. The number of hydrogen-bond acceptors (Lipinski definition) is 3. The van der Waals surface area contributed by atoms with Gasteiger partial charge >= 0.3 is 5.97 Å². The Kier molecular flexibility index (Phi) is 4.19. The molecule has 0 spiro atoms. The number of methoxy groups -OCH3 is 1. The Morgan fingerprint density at radius 2 is 2.46 bits per heavy atom. The molecule has 1 saturated heterocycles. The molecule has 1 unspecified atom stereocenters. The van der Waals surface area contributed by atoms with E-state index < -0.39 is 0 Å². The van der Waals surface area contributed by atoms with Gasteiger partial charge in [0.05, 0.1) is 7.11 Å². The van der Waals surface area contributed by atoms with Gasteiger partial charge in [-0.25, -0.2) is 0 Å². The summed E-state index contributed by atoms with van der Waals surface area (Å²) in [6, 6.07) is 0. The summed E-state index contributed by atoms with van der Waals surface area (Å²) in [5.74, 6) is -0.106. The van der Waals surface area contributed by atoms with Gasteiger partial charge in [-0.2, -0.15) is 0 Å². The summed E-state index contributed by atoms with van der Waals surface area (Å²) in [5, 5.41) is 4.20. The van der Waals surface area contributed by atoms with Crippen molar-refractivity contribution in [3.8, 4) is 0 Å². The molecule has 3 nitrogen and oxygen atoms in total. The van der Waals surface area contributed by atoms with Crippen molar-refractivity contribution >= 4 is 21.9 Å². The van der Waals surface area contributed by atoms with Gasteiger partial charge in [-0.15, -0.1) is 0 Å². The first-order chi connectivity index (χ1) is 6.25. The molecule has 0 aromatic rings. The van der Waals surface area contributed by atoms with Gasteiger partial charge in [-0.3, -0.25) is 4.79 Å². The van der Waals surface area contributed by atoms with Crippen LogP contribution in [0.4, 0.5) is 0 Å². The molecule has 76 valence electrons. The zero-order valence-electron chi connectivity index (χ0n) is 7.94. The van der Waals surface area contributed by atoms with Crippen LogP contribution in [0.25, 0.3) is 0 Å². The van der Waals surface area contributed by atoms with E-state index in [9.17, 15) is 4.79 Å². The standard InChI is InChI=1S/C9H16BrNO2/c1-13-8(12)9(4-2-6-10)5-3-7-11-9/h11H,2-7H2,1H3. The first kappa shape index (κ1) is 11.0. The molecule has 0 aromatic heterocycles. The fourth-order valence-corrected chi connectivity index (χ4v) is 2.14. The summed E-state index contributed by atoms with van der Waals surface area (Å²) in [5.41, 5.74) is -0.386. The maximum absolute atomic E-state index is 11.5. The third kappa shape index (κ3) is 2.44. The molecule has 4 heteroatoms. The molecule has 1 rings (SSSR count). The highest BCUT2D eigenvalue weighted by atomic mass is 79.9. The van der Waals surface area contributed by atoms with Gasteiger partial charge in [-0.05, 0) is 32.2 Å². The summed E-state index contributed by atoms with van der Waals surface area (Å²) >= 11 is 3.37. The van der Waals surface area contributed by atoms with Crippen LogP contribution in [0.3, 0.4) is 0 Å². The van der Waals surface area contributed by atoms with E-state index >= 15 is 0 Å². The number of rotatable bonds is 4. The first-order valence-electron chi connectivity index (χ1n) is 4.64. The summed E-state index contributed by atoms with van der Waals surface area (Å²) in [4.78, 5) is 11.5. The van der Waals surface area contributed by atoms with Crippen molar-refractivity contribution in [2.45, 2.75) is 31.2 Å². The lowest BCUT2D eigenvalue weighted by Gasteiger charge is -2.25. The predicted octanol–water partition coefficient (Wildman–Crippen LogP) is 1.46. The lowest BCUT2D eigenvalue weighted by atomic mass is 9.92. The quantitative estimate of drug-likeness (QED) is 0.606. The van der Waals surface area contributed by atoms with Crippen LogP contribution in [-0.4, -0.2) is 30.5 Å². The Bertz CT molecular complexity index is 178. The third-order valence-corrected chi connectivity index (χ3v) is 3.12. The average Bonchev–Trinajstić information content (AvgIpc) is 2.63. The maximum atomic E-state index is 11.5. The average molecular weight is 250 g/mol. The molecular formula is C9H16BrNO2. The second-order valence-corrected chi connectivity index (χ2v) is 4.19. The van der Waals surface area contributed by atoms with Crippen LogP contribution in [0.15, 0.2) is 0 Å². The van der Waals surface area contributed by atoms with E-state index in [-0.39, 0.29) is 11.5 Å². The van der Waals surface area contributed by atoms with E-state index in [4.69, 9.17) is 4.74 Å². The Morgan fingerprint density at radius 1 is 1.69 bits per heavy atom. The minimum Gasteiger partial charge on any atom is -0.468 e. The van der Waals surface area contributed by atoms with E-state index in [2.05, 4.69) is 21.2 Å². The second kappa shape index (κ2) is 4.96. The number of halogens is 1. The summed E-state index contributed by atoms with van der Waals surface area (Å²) < 4.78 is 4.82. The van der Waals surface area contributed by atoms with Gasteiger partial charge in [0.25, 0.3) is 0 Å². The number of esters is 1. The van der Waals surface area contributed by atoms with Gasteiger partial charge in [0.2, 0.25) is 0 Å². The second-order valence-electron chi connectivity index (χ2n) is 3.40. The zero-order valence-corrected chi connectivity index (χ0v) is 9.52. The van der Waals surface area contributed by atoms with Crippen LogP contribution in [0.2, 0.25) is 0 Å². The minimum atomic E-state index is -0.386. The Hall–Kier alpha value is -0.0900. The predicted molar refractivity (Wildman–Crippen MR) is 55.0 cm³/mol. The van der Waals surface area contributed by atoms with Gasteiger partial charge < -0.3 is 10.1 Å². The number of hydrogen-bond donors (Lipinski definition) is 1. The molecule has 0 amide bonds. The monoisotopic (exact) mass is 249 g/mol. The number of nitrogens with one attached hydrogen (secondary N) is 1. The van der Waals surface area contributed by atoms with Crippen molar-refractivity contribution < 1.29 is 9.53 Å². The number of carbonyl (C=O) groups is 1. The molecule has 0 radical (unpaired) electrons. The Labute approximate surface area is 87.3 Å². The number of carbonyl (C=O) groups excluding carboxylic acids is 1. The Balaban J connectivity index is 2.57. The summed E-state index contributed by atoms with van der Waals surface area (Å²) in [6.45, 7) is 0.928. The smallest absolute Gasteiger partial charge is 0.326 e. The SMILES string of the molecule is COC(=O)C1(CCCBr)CCCN1. The van der Waals surface area contributed by atoms with Crippen LogP contribution in [0, 0.1) is 0 Å². The summed E-state index contributed by atoms with van der Waals surface area (Å²) in [7, 11) is 1.46. The fourth-order valence-electron chi connectivity index (χ4n) is 1.86. The van der Waals surface area contributed by atoms with Gasteiger partial charge in [0, 0.05) is 5.33 Å². The number of alkyl halides is 1. The molecule has 13 heavy (non-hydrogen) atoms. The van der Waals surface area contributed by atoms with Crippen molar-refractivity contribution in [1.29, 1.82) is 0 Å². The van der Waals surface area contributed by atoms with Crippen molar-refractivity contribution in [3.63, 3.8) is 0 Å². The molecule has 1 N–H and O–H groups in total. The maximum Gasteiger partial charge on any atom is 0.326 e. The largest absolute Gasteiger partial charge is 0.468 e. The van der Waals surface area contributed by atoms with Gasteiger partial charge in [0.1, 0.15) is 5.54 Å². The number of ether oxygens (including phenoxy) is 1. The van der Waals surface area contributed by atoms with Crippen LogP contribution < -0.4 is 5.32 Å². The molecular weight excluding hydrogens is 234 g/mol. The van der Waals surface area contributed by atoms with Crippen molar-refractivity contribution in [2.75, 3.05) is 19.0 Å². The van der Waals surface area contributed by atoms with E-state index in [1.165, 1.54) is 7.11 Å². The van der Waals surface area contributed by atoms with Crippen LogP contribution in [-0.2, 0) is 9.53 Å². The molecule has 1 aliphatic heterocycles. The molecule has 1 atom stereocenters. The first-order valence-corrected chi connectivity index (χ1v) is 5.77. The highest BCUT2D eigenvalue weighted by Crippen LogP contribution is 2.26. The lowest BCUT2D eigenvalue weighted by molar-refractivity contribution is -0.148. The van der Waals surface area contributed by atoms with Crippen molar-refractivity contribution in [3.05, 3.63) is 0 Å². The van der Waals surface area contributed by atoms with Crippen LogP contribution in [0.1, 0.15) is 25.7 Å². The lowest BCUT2D eigenvalue weighted by Crippen LogP contribution is -2.48. The van der Waals surface area contributed by atoms with E-state index in [1.807, 2.05) is 0 Å². The van der Waals surface area contributed by atoms with E-state index in [0.717, 1.165) is 37.6 Å². The van der Waals surface area contributed by atoms with Gasteiger partial charge in [-0.1, -0.05) is 15.9 Å². The van der Waals surface area contributed by atoms with E-state index in [0.29, 0.717) is 0 Å². The fraction of sp³-hybridized carbons (Fsp3) is 0.889. The highest BCUT2D eigenvalue weighted by Gasteiger charge is 2.41. The Morgan fingerprint density at radius 3 is 2.92 bits per heavy atom. The molecule has 1 fully saturated rings. The van der Waals surface area contributed by atoms with Crippen molar-refractivity contribution in [1.82, 2.24) is 5.32 Å². The topological polar surface area (TPSA) is 38.3 Å². The van der Waals surface area contributed by atoms with Crippen LogP contribution >= 0.6 is 15.9 Å². The van der Waals surface area contributed by atoms with Gasteiger partial charge in [0.15, 0.2) is 0 Å². The van der Waals surface area contributed by atoms with Crippen molar-refractivity contribution in [2.24, 2.45) is 0 Å². The van der Waals surface area contributed by atoms with Crippen LogP contribution in [0.5, 0.6) is 0 Å². The summed E-state index contributed by atoms with van der Waals surface area (Å²) in [6.07, 6.45) is 3.84. The molecule has 0 saturated carbocycles. The minimum absolute atomic E-state index is 0.106. The molecule has 0 aromatic carbocycles.